The van der Waals surface area contributed by atoms with E-state index in [0.29, 0.717) is 38.0 Å². The van der Waals surface area contributed by atoms with Crippen LogP contribution in [0.1, 0.15) is 11.5 Å². The summed E-state index contributed by atoms with van der Waals surface area (Å²) in [5.74, 6) is 1.12. The predicted octanol–water partition coefficient (Wildman–Crippen LogP) is 0.529. The van der Waals surface area contributed by atoms with Crippen molar-refractivity contribution in [1.82, 2.24) is 29.7 Å². The lowest BCUT2D eigenvalue weighted by molar-refractivity contribution is 0.579. The Balaban J connectivity index is 1.59. The van der Waals surface area contributed by atoms with E-state index < -0.39 is 11.4 Å². The first-order chi connectivity index (χ1) is 12.4. The van der Waals surface area contributed by atoms with Crippen molar-refractivity contribution >= 4 is 22.8 Å². The number of aromatic nitrogens is 6. The Morgan fingerprint density at radius 2 is 1.77 bits per heavy atom. The summed E-state index contributed by atoms with van der Waals surface area (Å²) in [5, 5.41) is 5.19. The molecule has 0 aliphatic carbocycles. The highest BCUT2D eigenvalue weighted by molar-refractivity contribution is 5.87. The molecule has 0 saturated carbocycles. The zero-order valence-corrected chi connectivity index (χ0v) is 14.8. The molecular formula is C16H19FN8O. The third kappa shape index (κ3) is 2.67. The Kier molecular flexibility index (Phi) is 3.82. The van der Waals surface area contributed by atoms with E-state index in [4.69, 9.17) is 0 Å². The van der Waals surface area contributed by atoms with E-state index in [1.54, 1.807) is 10.9 Å². The SMILES string of the molecule is Cc1nc(N2CCN(c3nc(C)c(F)c(=O)[nH]3)CC2)c2cnn(C)c2n1. The fourth-order valence-electron chi connectivity index (χ4n) is 3.19. The lowest BCUT2D eigenvalue weighted by Crippen LogP contribution is -2.48. The molecule has 4 rings (SSSR count). The van der Waals surface area contributed by atoms with Crippen LogP contribution in [-0.4, -0.2) is 55.9 Å². The second-order valence-electron chi connectivity index (χ2n) is 6.36. The van der Waals surface area contributed by atoms with Gasteiger partial charge in [-0.3, -0.25) is 14.5 Å². The molecule has 3 aromatic rings. The topological polar surface area (TPSA) is 95.8 Å². The van der Waals surface area contributed by atoms with Crippen LogP contribution in [0.4, 0.5) is 16.2 Å². The van der Waals surface area contributed by atoms with Gasteiger partial charge < -0.3 is 9.80 Å². The molecule has 0 atom stereocenters. The Morgan fingerprint density at radius 1 is 1.08 bits per heavy atom. The van der Waals surface area contributed by atoms with Crippen LogP contribution in [0.5, 0.6) is 0 Å². The number of nitrogens with zero attached hydrogens (tertiary/aromatic N) is 7. The second-order valence-corrected chi connectivity index (χ2v) is 6.36. The van der Waals surface area contributed by atoms with Crippen molar-refractivity contribution in [2.45, 2.75) is 13.8 Å². The Hall–Kier alpha value is -3.04. The minimum atomic E-state index is -0.831. The second kappa shape index (κ2) is 6.04. The van der Waals surface area contributed by atoms with Gasteiger partial charge >= 0.3 is 0 Å². The number of aryl methyl sites for hydroxylation is 3. The van der Waals surface area contributed by atoms with Gasteiger partial charge in [0.25, 0.3) is 5.56 Å². The summed E-state index contributed by atoms with van der Waals surface area (Å²) in [6.07, 6.45) is 1.78. The number of nitrogens with one attached hydrogen (secondary N) is 1. The molecule has 136 valence electrons. The largest absolute Gasteiger partial charge is 0.352 e. The number of aromatic amines is 1. The van der Waals surface area contributed by atoms with Crippen LogP contribution in [-0.2, 0) is 7.05 Å². The summed E-state index contributed by atoms with van der Waals surface area (Å²) in [7, 11) is 1.86. The van der Waals surface area contributed by atoms with Crippen LogP contribution in [0.3, 0.4) is 0 Å². The number of halogens is 1. The van der Waals surface area contributed by atoms with Gasteiger partial charge in [0.1, 0.15) is 11.6 Å². The highest BCUT2D eigenvalue weighted by Crippen LogP contribution is 2.25. The van der Waals surface area contributed by atoms with Gasteiger partial charge in [-0.25, -0.2) is 15.0 Å². The molecule has 0 bridgehead atoms. The van der Waals surface area contributed by atoms with Gasteiger partial charge in [-0.15, -0.1) is 0 Å². The summed E-state index contributed by atoms with van der Waals surface area (Å²) in [6.45, 7) is 6.02. The Labute approximate surface area is 148 Å². The first-order valence-electron chi connectivity index (χ1n) is 8.36. The molecule has 10 heteroatoms. The van der Waals surface area contributed by atoms with Gasteiger partial charge in [-0.2, -0.15) is 9.49 Å². The van der Waals surface area contributed by atoms with Gasteiger partial charge in [0.15, 0.2) is 5.65 Å². The van der Waals surface area contributed by atoms with E-state index in [9.17, 15) is 9.18 Å². The zero-order valence-electron chi connectivity index (χ0n) is 14.8. The molecule has 0 amide bonds. The average Bonchev–Trinajstić information content (AvgIpc) is 3.00. The molecule has 4 heterocycles. The number of H-pyrrole nitrogens is 1. The van der Waals surface area contributed by atoms with Crippen LogP contribution in [0.15, 0.2) is 11.0 Å². The fraction of sp³-hybridized carbons (Fsp3) is 0.438. The maximum atomic E-state index is 13.5. The summed E-state index contributed by atoms with van der Waals surface area (Å²) in [6, 6.07) is 0. The zero-order chi connectivity index (χ0) is 18.4. The predicted molar refractivity (Wildman–Crippen MR) is 95.0 cm³/mol. The molecular weight excluding hydrogens is 339 g/mol. The molecule has 0 spiro atoms. The minimum absolute atomic E-state index is 0.106. The van der Waals surface area contributed by atoms with Crippen molar-refractivity contribution in [2.24, 2.45) is 7.05 Å². The van der Waals surface area contributed by atoms with Crippen molar-refractivity contribution in [2.75, 3.05) is 36.0 Å². The van der Waals surface area contributed by atoms with Gasteiger partial charge in [0.2, 0.25) is 11.8 Å². The monoisotopic (exact) mass is 358 g/mol. The standard InChI is InChI=1S/C16H19FN8O/c1-9-12(17)15(26)22-16(19-9)25-6-4-24(5-7-25)14-11-8-18-23(3)13(11)20-10(2)21-14/h8H,4-7H2,1-3H3,(H,19,22,26). The number of hydrogen-bond donors (Lipinski definition) is 1. The lowest BCUT2D eigenvalue weighted by Gasteiger charge is -2.35. The van der Waals surface area contributed by atoms with E-state index in [1.165, 1.54) is 6.92 Å². The highest BCUT2D eigenvalue weighted by Gasteiger charge is 2.23. The van der Waals surface area contributed by atoms with Gasteiger partial charge in [0.05, 0.1) is 17.3 Å². The van der Waals surface area contributed by atoms with Gasteiger partial charge in [-0.1, -0.05) is 0 Å². The number of piperazine rings is 1. The van der Waals surface area contributed by atoms with Gasteiger partial charge in [-0.05, 0) is 13.8 Å². The Morgan fingerprint density at radius 3 is 2.46 bits per heavy atom. The van der Waals surface area contributed by atoms with Crippen molar-refractivity contribution in [3.8, 4) is 0 Å². The molecule has 9 nitrogen and oxygen atoms in total. The van der Waals surface area contributed by atoms with Crippen LogP contribution in [0.2, 0.25) is 0 Å². The Bertz CT molecular complexity index is 1030. The third-order valence-electron chi connectivity index (χ3n) is 4.58. The quantitative estimate of drug-likeness (QED) is 0.714. The van der Waals surface area contributed by atoms with E-state index in [1.807, 2.05) is 18.9 Å². The first kappa shape index (κ1) is 16.4. The number of rotatable bonds is 2. The molecule has 1 N–H and O–H groups in total. The normalized spacial score (nSPS) is 15.1. The molecule has 1 saturated heterocycles. The maximum absolute atomic E-state index is 13.5. The van der Waals surface area contributed by atoms with E-state index in [2.05, 4.69) is 29.9 Å². The summed E-state index contributed by atoms with van der Waals surface area (Å²) < 4.78 is 15.2. The average molecular weight is 358 g/mol. The fourth-order valence-corrected chi connectivity index (χ4v) is 3.19. The van der Waals surface area contributed by atoms with Crippen LogP contribution < -0.4 is 15.4 Å². The van der Waals surface area contributed by atoms with Crippen LogP contribution >= 0.6 is 0 Å². The van der Waals surface area contributed by atoms with E-state index in [0.717, 1.165) is 16.9 Å². The van der Waals surface area contributed by atoms with Crippen molar-refractivity contribution < 1.29 is 4.39 Å². The van der Waals surface area contributed by atoms with E-state index in [-0.39, 0.29) is 5.69 Å². The van der Waals surface area contributed by atoms with Crippen LogP contribution in [0, 0.1) is 19.7 Å². The van der Waals surface area contributed by atoms with Gasteiger partial charge in [0, 0.05) is 33.2 Å². The van der Waals surface area contributed by atoms with Crippen molar-refractivity contribution in [1.29, 1.82) is 0 Å². The lowest BCUT2D eigenvalue weighted by atomic mass is 10.3. The molecule has 1 aliphatic rings. The smallest absolute Gasteiger partial charge is 0.288 e. The minimum Gasteiger partial charge on any atom is -0.352 e. The highest BCUT2D eigenvalue weighted by atomic mass is 19.1. The molecule has 0 unspecified atom stereocenters. The summed E-state index contributed by atoms with van der Waals surface area (Å²) in [5.41, 5.74) is 0.170. The van der Waals surface area contributed by atoms with Crippen LogP contribution in [0.25, 0.3) is 11.0 Å². The number of fused-ring (bicyclic) bond motifs is 1. The molecule has 0 radical (unpaired) electrons. The van der Waals surface area contributed by atoms with Crippen molar-refractivity contribution in [3.63, 3.8) is 0 Å². The molecule has 26 heavy (non-hydrogen) atoms. The summed E-state index contributed by atoms with van der Waals surface area (Å²) in [4.78, 5) is 31.5. The summed E-state index contributed by atoms with van der Waals surface area (Å²) >= 11 is 0. The molecule has 1 fully saturated rings. The van der Waals surface area contributed by atoms with Crippen molar-refractivity contribution in [3.05, 3.63) is 33.9 Å². The number of anilines is 2. The molecule has 0 aromatic carbocycles. The number of hydrogen-bond acceptors (Lipinski definition) is 7. The first-order valence-corrected chi connectivity index (χ1v) is 8.36. The maximum Gasteiger partial charge on any atom is 0.288 e. The third-order valence-corrected chi connectivity index (χ3v) is 4.58. The molecule has 3 aromatic heterocycles. The molecule has 1 aliphatic heterocycles. The van der Waals surface area contributed by atoms with E-state index >= 15 is 0 Å².